The Morgan fingerprint density at radius 3 is 2.56 bits per heavy atom. The van der Waals surface area contributed by atoms with Crippen LogP contribution in [0.5, 0.6) is 0 Å². The summed E-state index contributed by atoms with van der Waals surface area (Å²) in [6.45, 7) is 0. The van der Waals surface area contributed by atoms with E-state index in [1.807, 2.05) is 7.05 Å². The van der Waals surface area contributed by atoms with Crippen molar-refractivity contribution in [1.29, 1.82) is 0 Å². The lowest BCUT2D eigenvalue weighted by molar-refractivity contribution is 0.488. The van der Waals surface area contributed by atoms with Gasteiger partial charge in [0.15, 0.2) is 11.6 Å². The summed E-state index contributed by atoms with van der Waals surface area (Å²) in [4.78, 5) is 0. The molecule has 0 saturated heterocycles. The van der Waals surface area contributed by atoms with Gasteiger partial charge in [-0.05, 0) is 37.1 Å². The van der Waals surface area contributed by atoms with Crippen LogP contribution in [0.4, 0.5) is 8.78 Å². The van der Waals surface area contributed by atoms with Crippen LogP contribution in [0.1, 0.15) is 30.9 Å². The molecule has 1 aliphatic rings. The lowest BCUT2D eigenvalue weighted by atomic mass is 10.0. The van der Waals surface area contributed by atoms with Crippen molar-refractivity contribution < 1.29 is 8.78 Å². The molecule has 16 heavy (non-hydrogen) atoms. The van der Waals surface area contributed by atoms with Crippen molar-refractivity contribution in [2.24, 2.45) is 5.92 Å². The minimum atomic E-state index is -0.893. The molecule has 0 heterocycles. The molecule has 1 unspecified atom stereocenters. The fraction of sp³-hybridized carbons (Fsp3) is 0.500. The van der Waals surface area contributed by atoms with Gasteiger partial charge in [-0.3, -0.25) is 0 Å². The minimum absolute atomic E-state index is 0.00935. The zero-order valence-electron chi connectivity index (χ0n) is 9.06. The third-order valence-electron chi connectivity index (χ3n) is 3.03. The summed E-state index contributed by atoms with van der Waals surface area (Å²) in [6, 6.07) is 2.25. The summed E-state index contributed by atoms with van der Waals surface area (Å²) in [5, 5.41) is 3.39. The van der Waals surface area contributed by atoms with Crippen LogP contribution >= 0.6 is 11.6 Å². The molecule has 2 rings (SSSR count). The van der Waals surface area contributed by atoms with Gasteiger partial charge in [0.2, 0.25) is 0 Å². The molecule has 0 aromatic heterocycles. The second kappa shape index (κ2) is 4.68. The summed E-state index contributed by atoms with van der Waals surface area (Å²) in [6.07, 6.45) is 3.38. The summed E-state index contributed by atoms with van der Waals surface area (Å²) < 4.78 is 26.1. The van der Waals surface area contributed by atoms with Crippen molar-refractivity contribution in [3.05, 3.63) is 34.4 Å². The lowest BCUT2D eigenvalue weighted by Crippen LogP contribution is -2.17. The zero-order valence-corrected chi connectivity index (χ0v) is 9.82. The Labute approximate surface area is 98.8 Å². The number of halogens is 3. The second-order valence-corrected chi connectivity index (χ2v) is 4.72. The number of hydrogen-bond donors (Lipinski definition) is 1. The molecular formula is C12H14ClF2N. The SMILES string of the molecule is CNC(CC1CC1)c1cc(F)c(F)cc1Cl. The normalized spacial score (nSPS) is 17.5. The summed E-state index contributed by atoms with van der Waals surface area (Å²) >= 11 is 5.93. The Morgan fingerprint density at radius 2 is 2.00 bits per heavy atom. The number of benzene rings is 1. The van der Waals surface area contributed by atoms with Gasteiger partial charge in [0.1, 0.15) is 0 Å². The van der Waals surface area contributed by atoms with E-state index in [-0.39, 0.29) is 6.04 Å². The van der Waals surface area contributed by atoms with Gasteiger partial charge in [-0.25, -0.2) is 8.78 Å². The Balaban J connectivity index is 2.25. The van der Waals surface area contributed by atoms with Crippen LogP contribution in [0, 0.1) is 17.6 Å². The average molecular weight is 246 g/mol. The minimum Gasteiger partial charge on any atom is -0.313 e. The van der Waals surface area contributed by atoms with Crippen LogP contribution < -0.4 is 5.32 Å². The van der Waals surface area contributed by atoms with Gasteiger partial charge in [-0.15, -0.1) is 0 Å². The van der Waals surface area contributed by atoms with Crippen LogP contribution in [0.25, 0.3) is 0 Å². The van der Waals surface area contributed by atoms with Crippen LogP contribution in [0.3, 0.4) is 0 Å². The van der Waals surface area contributed by atoms with Crippen molar-refractivity contribution >= 4 is 11.6 Å². The van der Waals surface area contributed by atoms with Crippen molar-refractivity contribution in [1.82, 2.24) is 5.32 Å². The van der Waals surface area contributed by atoms with Gasteiger partial charge in [-0.2, -0.15) is 0 Å². The Kier molecular flexibility index (Phi) is 3.45. The Bertz CT molecular complexity index is 391. The summed E-state index contributed by atoms with van der Waals surface area (Å²) in [5.41, 5.74) is 0.648. The standard InChI is InChI=1S/C12H14ClF2N/c1-16-12(4-7-2-3-7)8-5-10(14)11(15)6-9(8)13/h5-7,12,16H,2-4H2,1H3. The predicted molar refractivity (Wildman–Crippen MR) is 60.5 cm³/mol. The summed E-state index contributed by atoms with van der Waals surface area (Å²) in [5.74, 6) is -1.04. The van der Waals surface area contributed by atoms with Crippen molar-refractivity contribution in [3.8, 4) is 0 Å². The molecule has 1 saturated carbocycles. The highest BCUT2D eigenvalue weighted by Gasteiger charge is 2.27. The quantitative estimate of drug-likeness (QED) is 0.798. The van der Waals surface area contributed by atoms with Gasteiger partial charge in [0.05, 0.1) is 0 Å². The van der Waals surface area contributed by atoms with Crippen LogP contribution in [0.15, 0.2) is 12.1 Å². The molecule has 1 N–H and O–H groups in total. The highest BCUT2D eigenvalue weighted by molar-refractivity contribution is 6.31. The molecule has 0 amide bonds. The molecule has 1 nitrogen and oxygen atoms in total. The van der Waals surface area contributed by atoms with Gasteiger partial charge >= 0.3 is 0 Å². The molecule has 0 spiro atoms. The molecule has 0 radical (unpaired) electrons. The maximum atomic E-state index is 13.1. The van der Waals surface area contributed by atoms with E-state index in [4.69, 9.17) is 11.6 Å². The highest BCUT2D eigenvalue weighted by atomic mass is 35.5. The van der Waals surface area contributed by atoms with E-state index in [1.165, 1.54) is 18.9 Å². The predicted octanol–water partition coefficient (Wildman–Crippen LogP) is 3.68. The average Bonchev–Trinajstić information content (AvgIpc) is 3.04. The lowest BCUT2D eigenvalue weighted by Gasteiger charge is -2.18. The van der Waals surface area contributed by atoms with Gasteiger partial charge in [0.25, 0.3) is 0 Å². The molecule has 1 aromatic rings. The first-order chi connectivity index (χ1) is 7.61. The Morgan fingerprint density at radius 1 is 1.38 bits per heavy atom. The van der Waals surface area contributed by atoms with Crippen LogP contribution in [0.2, 0.25) is 5.02 Å². The molecule has 88 valence electrons. The van der Waals surface area contributed by atoms with Gasteiger partial charge in [-0.1, -0.05) is 24.4 Å². The van der Waals surface area contributed by atoms with Crippen molar-refractivity contribution in [2.75, 3.05) is 7.05 Å². The molecule has 1 atom stereocenters. The largest absolute Gasteiger partial charge is 0.313 e. The topological polar surface area (TPSA) is 12.0 Å². The molecule has 1 aliphatic carbocycles. The molecule has 1 aromatic carbocycles. The number of hydrogen-bond acceptors (Lipinski definition) is 1. The third kappa shape index (κ3) is 2.53. The maximum absolute atomic E-state index is 13.1. The van der Waals surface area contributed by atoms with Crippen molar-refractivity contribution in [3.63, 3.8) is 0 Å². The van der Waals surface area contributed by atoms with E-state index in [1.54, 1.807) is 0 Å². The molecular weight excluding hydrogens is 232 g/mol. The first kappa shape index (κ1) is 11.8. The van der Waals surface area contributed by atoms with Crippen LogP contribution in [-0.2, 0) is 0 Å². The number of rotatable bonds is 4. The Hall–Kier alpha value is -0.670. The van der Waals surface area contributed by atoms with Crippen LogP contribution in [-0.4, -0.2) is 7.05 Å². The van der Waals surface area contributed by atoms with E-state index >= 15 is 0 Å². The molecule has 4 heteroatoms. The van der Waals surface area contributed by atoms with E-state index < -0.39 is 11.6 Å². The number of nitrogens with one attached hydrogen (secondary N) is 1. The van der Waals surface area contributed by atoms with Crippen molar-refractivity contribution in [2.45, 2.75) is 25.3 Å². The maximum Gasteiger partial charge on any atom is 0.160 e. The fourth-order valence-corrected chi connectivity index (χ4v) is 2.17. The van der Waals surface area contributed by atoms with E-state index in [0.717, 1.165) is 12.5 Å². The second-order valence-electron chi connectivity index (χ2n) is 4.31. The summed E-state index contributed by atoms with van der Waals surface area (Å²) in [7, 11) is 1.81. The van der Waals surface area contributed by atoms with E-state index in [0.29, 0.717) is 16.5 Å². The first-order valence-corrected chi connectivity index (χ1v) is 5.81. The molecule has 0 aliphatic heterocycles. The smallest absolute Gasteiger partial charge is 0.160 e. The first-order valence-electron chi connectivity index (χ1n) is 5.43. The van der Waals surface area contributed by atoms with Gasteiger partial charge in [0, 0.05) is 11.1 Å². The molecule has 1 fully saturated rings. The van der Waals surface area contributed by atoms with E-state index in [2.05, 4.69) is 5.32 Å². The zero-order chi connectivity index (χ0) is 11.7. The third-order valence-corrected chi connectivity index (χ3v) is 3.36. The van der Waals surface area contributed by atoms with E-state index in [9.17, 15) is 8.78 Å². The molecule has 0 bridgehead atoms. The monoisotopic (exact) mass is 245 g/mol. The van der Waals surface area contributed by atoms with Gasteiger partial charge < -0.3 is 5.32 Å². The fourth-order valence-electron chi connectivity index (χ4n) is 1.89. The highest BCUT2D eigenvalue weighted by Crippen LogP contribution is 2.39.